The van der Waals surface area contributed by atoms with Crippen molar-refractivity contribution in [3.8, 4) is 0 Å². The first-order chi connectivity index (χ1) is 9.57. The highest BCUT2D eigenvalue weighted by Gasteiger charge is 2.42. The van der Waals surface area contributed by atoms with Crippen molar-refractivity contribution in [1.82, 2.24) is 0 Å². The standard InChI is InChI=1S/C12H23ClO7/c1-8-9(14)10(15)11(16)12(20-8)19-7-6-18-5-4-17-3-2-13/h8-12,14-16H,2-7H2,1H3/t8-,9+,10+,11-,12+/m0/s1. The summed E-state index contributed by atoms with van der Waals surface area (Å²) in [5.41, 5.74) is 0. The summed E-state index contributed by atoms with van der Waals surface area (Å²) in [7, 11) is 0. The molecule has 1 saturated heterocycles. The van der Waals surface area contributed by atoms with Gasteiger partial charge in [-0.25, -0.2) is 0 Å². The summed E-state index contributed by atoms with van der Waals surface area (Å²) < 4.78 is 20.9. The SMILES string of the molecule is C[C@@H]1O[C@@H](OCCOCCOCCCl)[C@@H](O)[C@H](O)[C@@H]1O. The number of aliphatic hydroxyl groups excluding tert-OH is 3. The lowest BCUT2D eigenvalue weighted by Crippen LogP contribution is -2.57. The Bertz CT molecular complexity index is 256. The summed E-state index contributed by atoms with van der Waals surface area (Å²) in [6.07, 6.45) is -5.27. The zero-order chi connectivity index (χ0) is 15.0. The molecule has 7 nitrogen and oxygen atoms in total. The van der Waals surface area contributed by atoms with Gasteiger partial charge in [0.15, 0.2) is 6.29 Å². The molecular formula is C12H23ClO7. The lowest BCUT2D eigenvalue weighted by Gasteiger charge is -2.38. The first-order valence-electron chi connectivity index (χ1n) is 6.60. The van der Waals surface area contributed by atoms with Gasteiger partial charge in [-0.2, -0.15) is 0 Å². The minimum Gasteiger partial charge on any atom is -0.388 e. The van der Waals surface area contributed by atoms with E-state index in [1.807, 2.05) is 0 Å². The number of alkyl halides is 1. The zero-order valence-corrected chi connectivity index (χ0v) is 12.2. The molecular weight excluding hydrogens is 292 g/mol. The van der Waals surface area contributed by atoms with Gasteiger partial charge in [-0.15, -0.1) is 11.6 Å². The Labute approximate surface area is 123 Å². The maximum atomic E-state index is 9.69. The first-order valence-corrected chi connectivity index (χ1v) is 7.14. The Morgan fingerprint density at radius 1 is 0.900 bits per heavy atom. The molecule has 8 heteroatoms. The summed E-state index contributed by atoms with van der Waals surface area (Å²) in [6, 6.07) is 0. The monoisotopic (exact) mass is 314 g/mol. The van der Waals surface area contributed by atoms with Crippen LogP contribution in [0.5, 0.6) is 0 Å². The van der Waals surface area contributed by atoms with E-state index in [4.69, 9.17) is 30.5 Å². The Kier molecular flexibility index (Phi) is 8.90. The van der Waals surface area contributed by atoms with Crippen molar-refractivity contribution < 1.29 is 34.3 Å². The molecule has 0 aromatic heterocycles. The van der Waals surface area contributed by atoms with Crippen LogP contribution in [0.3, 0.4) is 0 Å². The van der Waals surface area contributed by atoms with Crippen LogP contribution >= 0.6 is 11.6 Å². The van der Waals surface area contributed by atoms with Gasteiger partial charge in [0.2, 0.25) is 0 Å². The average Bonchev–Trinajstić information content (AvgIpc) is 2.44. The van der Waals surface area contributed by atoms with Crippen molar-refractivity contribution in [2.75, 3.05) is 38.9 Å². The van der Waals surface area contributed by atoms with E-state index in [1.165, 1.54) is 0 Å². The second-order valence-electron chi connectivity index (χ2n) is 4.47. The van der Waals surface area contributed by atoms with E-state index in [2.05, 4.69) is 0 Å². The van der Waals surface area contributed by atoms with Crippen LogP contribution in [-0.2, 0) is 18.9 Å². The largest absolute Gasteiger partial charge is 0.388 e. The van der Waals surface area contributed by atoms with Crippen LogP contribution in [0.1, 0.15) is 6.92 Å². The van der Waals surface area contributed by atoms with E-state index in [9.17, 15) is 15.3 Å². The van der Waals surface area contributed by atoms with Crippen molar-refractivity contribution in [2.24, 2.45) is 0 Å². The van der Waals surface area contributed by atoms with Gasteiger partial charge in [-0.1, -0.05) is 0 Å². The van der Waals surface area contributed by atoms with Crippen LogP contribution in [0.4, 0.5) is 0 Å². The smallest absolute Gasteiger partial charge is 0.186 e. The molecule has 0 aromatic carbocycles. The van der Waals surface area contributed by atoms with Gasteiger partial charge >= 0.3 is 0 Å². The Morgan fingerprint density at radius 3 is 2.15 bits per heavy atom. The van der Waals surface area contributed by atoms with Crippen LogP contribution in [0, 0.1) is 0 Å². The Hall–Kier alpha value is 0.01000. The Balaban J connectivity index is 2.09. The molecule has 120 valence electrons. The van der Waals surface area contributed by atoms with E-state index >= 15 is 0 Å². The number of halogens is 1. The van der Waals surface area contributed by atoms with E-state index in [0.717, 1.165) is 0 Å². The first kappa shape index (κ1) is 18.1. The third-order valence-electron chi connectivity index (χ3n) is 2.91. The van der Waals surface area contributed by atoms with E-state index in [-0.39, 0.29) is 6.61 Å². The molecule has 0 saturated carbocycles. The predicted octanol–water partition coefficient (Wildman–Crippen LogP) is -0.897. The lowest BCUT2D eigenvalue weighted by molar-refractivity contribution is -0.294. The summed E-state index contributed by atoms with van der Waals surface area (Å²) in [6.45, 7) is 3.47. The molecule has 0 amide bonds. The van der Waals surface area contributed by atoms with Gasteiger partial charge in [0.25, 0.3) is 0 Å². The minimum atomic E-state index is -1.28. The lowest BCUT2D eigenvalue weighted by atomic mass is 10.0. The van der Waals surface area contributed by atoms with Crippen LogP contribution in [0.25, 0.3) is 0 Å². The quantitative estimate of drug-likeness (QED) is 0.375. The molecule has 5 atom stereocenters. The Morgan fingerprint density at radius 2 is 1.50 bits per heavy atom. The van der Waals surface area contributed by atoms with E-state index in [1.54, 1.807) is 6.92 Å². The molecule has 0 unspecified atom stereocenters. The molecule has 1 aliphatic rings. The summed E-state index contributed by atoms with van der Waals surface area (Å²) in [4.78, 5) is 0. The molecule has 0 aromatic rings. The number of hydrogen-bond donors (Lipinski definition) is 3. The van der Waals surface area contributed by atoms with Crippen LogP contribution in [0.15, 0.2) is 0 Å². The van der Waals surface area contributed by atoms with Crippen molar-refractivity contribution in [2.45, 2.75) is 37.6 Å². The molecule has 0 aliphatic carbocycles. The fourth-order valence-corrected chi connectivity index (χ4v) is 1.86. The highest BCUT2D eigenvalue weighted by molar-refractivity contribution is 6.17. The number of rotatable bonds is 9. The number of ether oxygens (including phenoxy) is 4. The van der Waals surface area contributed by atoms with Crippen molar-refractivity contribution in [1.29, 1.82) is 0 Å². The van der Waals surface area contributed by atoms with Crippen LogP contribution < -0.4 is 0 Å². The highest BCUT2D eigenvalue weighted by Crippen LogP contribution is 2.21. The predicted molar refractivity (Wildman–Crippen MR) is 70.7 cm³/mol. The zero-order valence-electron chi connectivity index (χ0n) is 11.5. The second kappa shape index (κ2) is 9.86. The minimum absolute atomic E-state index is 0.201. The number of aliphatic hydroxyl groups is 3. The molecule has 1 heterocycles. The maximum absolute atomic E-state index is 9.69. The summed E-state index contributed by atoms with van der Waals surface area (Å²) >= 11 is 5.44. The maximum Gasteiger partial charge on any atom is 0.186 e. The third kappa shape index (κ3) is 5.79. The fourth-order valence-electron chi connectivity index (χ4n) is 1.75. The van der Waals surface area contributed by atoms with Crippen molar-refractivity contribution >= 4 is 11.6 Å². The normalized spacial score (nSPS) is 34.4. The molecule has 0 radical (unpaired) electrons. The van der Waals surface area contributed by atoms with Gasteiger partial charge in [0.1, 0.15) is 18.3 Å². The van der Waals surface area contributed by atoms with Gasteiger partial charge < -0.3 is 34.3 Å². The van der Waals surface area contributed by atoms with E-state index in [0.29, 0.717) is 32.3 Å². The van der Waals surface area contributed by atoms with Crippen molar-refractivity contribution in [3.05, 3.63) is 0 Å². The van der Waals surface area contributed by atoms with Crippen LogP contribution in [0.2, 0.25) is 0 Å². The molecule has 1 rings (SSSR count). The summed E-state index contributed by atoms with van der Waals surface area (Å²) in [5, 5.41) is 28.8. The molecule has 0 spiro atoms. The third-order valence-corrected chi connectivity index (χ3v) is 3.07. The summed E-state index contributed by atoms with van der Waals surface area (Å²) in [5.74, 6) is 0.451. The topological polar surface area (TPSA) is 97.6 Å². The second-order valence-corrected chi connectivity index (χ2v) is 4.84. The molecule has 0 bridgehead atoms. The molecule has 1 fully saturated rings. The molecule has 1 aliphatic heterocycles. The molecule has 20 heavy (non-hydrogen) atoms. The van der Waals surface area contributed by atoms with Crippen LogP contribution in [-0.4, -0.2) is 84.9 Å². The average molecular weight is 315 g/mol. The van der Waals surface area contributed by atoms with Gasteiger partial charge in [-0.05, 0) is 6.92 Å². The number of hydrogen-bond acceptors (Lipinski definition) is 7. The van der Waals surface area contributed by atoms with Gasteiger partial charge in [0, 0.05) is 5.88 Å². The van der Waals surface area contributed by atoms with Gasteiger partial charge in [0.05, 0.1) is 39.1 Å². The van der Waals surface area contributed by atoms with Crippen molar-refractivity contribution in [3.63, 3.8) is 0 Å². The van der Waals surface area contributed by atoms with E-state index < -0.39 is 30.7 Å². The fraction of sp³-hybridized carbons (Fsp3) is 1.00. The highest BCUT2D eigenvalue weighted by atomic mass is 35.5. The van der Waals surface area contributed by atoms with Gasteiger partial charge in [-0.3, -0.25) is 0 Å². The molecule has 3 N–H and O–H groups in total.